The third kappa shape index (κ3) is 3.74. The van der Waals surface area contributed by atoms with Gasteiger partial charge in [-0.05, 0) is 25.4 Å². The number of rotatable bonds is 6. The minimum absolute atomic E-state index is 0.0193. The molecular weight excluding hydrogens is 198 g/mol. The normalized spacial score (nSPS) is 11.1. The second-order valence-electron chi connectivity index (χ2n) is 3.26. The van der Waals surface area contributed by atoms with Crippen molar-refractivity contribution in [3.8, 4) is 0 Å². The Hall–Kier alpha value is -0.450. The third-order valence-corrected chi connectivity index (χ3v) is 2.57. The van der Waals surface area contributed by atoms with E-state index < -0.39 is 0 Å². The molecular formula is C10H17NO2S. The van der Waals surface area contributed by atoms with E-state index in [1.807, 2.05) is 23.9 Å². The molecule has 0 aromatic carbocycles. The summed E-state index contributed by atoms with van der Waals surface area (Å²) in [6.45, 7) is 1.84. The maximum atomic E-state index is 8.82. The number of furan rings is 1. The fourth-order valence-corrected chi connectivity index (χ4v) is 1.68. The zero-order valence-electron chi connectivity index (χ0n) is 8.69. The summed E-state index contributed by atoms with van der Waals surface area (Å²) in [7, 11) is 2.07. The average Bonchev–Trinajstić information content (AvgIpc) is 2.62. The molecule has 0 aliphatic rings. The largest absolute Gasteiger partial charge is 0.462 e. The molecule has 14 heavy (non-hydrogen) atoms. The Morgan fingerprint density at radius 1 is 1.43 bits per heavy atom. The minimum Gasteiger partial charge on any atom is -0.462 e. The molecule has 0 spiro atoms. The average molecular weight is 215 g/mol. The number of aliphatic hydroxyl groups is 1. The van der Waals surface area contributed by atoms with Crippen molar-refractivity contribution < 1.29 is 9.52 Å². The molecule has 3 nitrogen and oxygen atoms in total. The quantitative estimate of drug-likeness (QED) is 0.781. The van der Waals surface area contributed by atoms with Crippen molar-refractivity contribution in [2.24, 2.45) is 0 Å². The van der Waals surface area contributed by atoms with Gasteiger partial charge >= 0.3 is 0 Å². The molecule has 0 radical (unpaired) electrons. The van der Waals surface area contributed by atoms with Gasteiger partial charge in [-0.15, -0.1) is 0 Å². The number of thioether (sulfide) groups is 1. The molecule has 1 heterocycles. The van der Waals surface area contributed by atoms with E-state index in [-0.39, 0.29) is 6.61 Å². The fourth-order valence-electron chi connectivity index (χ4n) is 1.18. The highest BCUT2D eigenvalue weighted by Crippen LogP contribution is 2.09. The zero-order chi connectivity index (χ0) is 10.4. The van der Waals surface area contributed by atoms with Crippen molar-refractivity contribution in [2.75, 3.05) is 25.6 Å². The number of hydrogen-bond acceptors (Lipinski definition) is 4. The Morgan fingerprint density at radius 2 is 2.14 bits per heavy atom. The van der Waals surface area contributed by atoms with Gasteiger partial charge in [0.25, 0.3) is 0 Å². The van der Waals surface area contributed by atoms with Crippen LogP contribution in [0.1, 0.15) is 11.5 Å². The van der Waals surface area contributed by atoms with Crippen LogP contribution in [0.2, 0.25) is 0 Å². The van der Waals surface area contributed by atoms with Crippen LogP contribution in [0.5, 0.6) is 0 Å². The van der Waals surface area contributed by atoms with E-state index in [4.69, 9.17) is 9.52 Å². The highest BCUT2D eigenvalue weighted by atomic mass is 32.2. The molecule has 0 atom stereocenters. The van der Waals surface area contributed by atoms with Crippen molar-refractivity contribution in [3.05, 3.63) is 23.7 Å². The molecule has 0 amide bonds. The molecule has 4 heteroatoms. The lowest BCUT2D eigenvalue weighted by Gasteiger charge is -2.13. The lowest BCUT2D eigenvalue weighted by atomic mass is 10.4. The number of aliphatic hydroxyl groups excluding tert-OH is 1. The van der Waals surface area contributed by atoms with Crippen LogP contribution in [-0.4, -0.2) is 35.6 Å². The Bertz CT molecular complexity index is 262. The summed E-state index contributed by atoms with van der Waals surface area (Å²) < 4.78 is 5.38. The summed E-state index contributed by atoms with van der Waals surface area (Å²) in [6, 6.07) is 3.74. The van der Waals surface area contributed by atoms with E-state index in [1.54, 1.807) is 0 Å². The smallest absolute Gasteiger partial charge is 0.129 e. The summed E-state index contributed by atoms with van der Waals surface area (Å²) >= 11 is 1.84. The molecule has 0 aliphatic heterocycles. The van der Waals surface area contributed by atoms with E-state index in [2.05, 4.69) is 18.2 Å². The van der Waals surface area contributed by atoms with Crippen LogP contribution in [-0.2, 0) is 13.2 Å². The maximum absolute atomic E-state index is 8.82. The van der Waals surface area contributed by atoms with Crippen LogP contribution in [0.15, 0.2) is 16.5 Å². The molecule has 80 valence electrons. The maximum Gasteiger partial charge on any atom is 0.129 e. The lowest BCUT2D eigenvalue weighted by Crippen LogP contribution is -2.20. The first kappa shape index (κ1) is 11.6. The molecule has 0 bridgehead atoms. The molecule has 1 aromatic rings. The summed E-state index contributed by atoms with van der Waals surface area (Å²) in [6.07, 6.45) is 2.10. The van der Waals surface area contributed by atoms with E-state index in [1.165, 1.54) is 0 Å². The first-order chi connectivity index (χ1) is 6.76. The van der Waals surface area contributed by atoms with Gasteiger partial charge in [0.1, 0.15) is 18.1 Å². The standard InChI is InChI=1S/C10H17NO2S/c1-11(5-6-14-2)7-9-3-4-10(8-12)13-9/h3-4,12H,5-8H2,1-2H3. The fraction of sp³-hybridized carbons (Fsp3) is 0.600. The minimum atomic E-state index is -0.0193. The van der Waals surface area contributed by atoms with Crippen molar-refractivity contribution in [2.45, 2.75) is 13.2 Å². The van der Waals surface area contributed by atoms with Crippen LogP contribution in [0.3, 0.4) is 0 Å². The zero-order valence-corrected chi connectivity index (χ0v) is 9.51. The first-order valence-corrected chi connectivity index (χ1v) is 6.01. The summed E-state index contributed by atoms with van der Waals surface area (Å²) in [4.78, 5) is 2.20. The van der Waals surface area contributed by atoms with Gasteiger partial charge in [0.2, 0.25) is 0 Å². The van der Waals surface area contributed by atoms with Gasteiger partial charge in [0, 0.05) is 12.3 Å². The molecule has 0 aliphatic carbocycles. The Kier molecular flexibility index (Phi) is 5.07. The van der Waals surface area contributed by atoms with Gasteiger partial charge in [0.05, 0.1) is 6.54 Å². The van der Waals surface area contributed by atoms with Crippen molar-refractivity contribution >= 4 is 11.8 Å². The van der Waals surface area contributed by atoms with Gasteiger partial charge < -0.3 is 9.52 Å². The Labute approximate surface area is 89.1 Å². The van der Waals surface area contributed by atoms with Crippen LogP contribution < -0.4 is 0 Å². The van der Waals surface area contributed by atoms with Gasteiger partial charge in [-0.25, -0.2) is 0 Å². The van der Waals surface area contributed by atoms with E-state index in [9.17, 15) is 0 Å². The second kappa shape index (κ2) is 6.11. The highest BCUT2D eigenvalue weighted by Gasteiger charge is 2.04. The predicted molar refractivity (Wildman–Crippen MR) is 59.3 cm³/mol. The Morgan fingerprint density at radius 3 is 2.71 bits per heavy atom. The predicted octanol–water partition coefficient (Wildman–Crippen LogP) is 1.57. The SMILES string of the molecule is CSCCN(C)Cc1ccc(CO)o1. The summed E-state index contributed by atoms with van der Waals surface area (Å²) in [5.41, 5.74) is 0. The molecule has 0 saturated heterocycles. The van der Waals surface area contributed by atoms with E-state index >= 15 is 0 Å². The summed E-state index contributed by atoms with van der Waals surface area (Å²) in [5.74, 6) is 2.68. The van der Waals surface area contributed by atoms with Gasteiger partial charge in [-0.2, -0.15) is 11.8 Å². The van der Waals surface area contributed by atoms with Crippen molar-refractivity contribution in [1.29, 1.82) is 0 Å². The van der Waals surface area contributed by atoms with E-state index in [0.29, 0.717) is 5.76 Å². The highest BCUT2D eigenvalue weighted by molar-refractivity contribution is 7.98. The number of nitrogens with zero attached hydrogens (tertiary/aromatic N) is 1. The van der Waals surface area contributed by atoms with Crippen LogP contribution in [0.25, 0.3) is 0 Å². The molecule has 0 unspecified atom stereocenters. The molecule has 1 N–H and O–H groups in total. The molecule has 0 saturated carbocycles. The molecule has 1 aromatic heterocycles. The first-order valence-electron chi connectivity index (χ1n) is 4.62. The van der Waals surface area contributed by atoms with E-state index in [0.717, 1.165) is 24.6 Å². The van der Waals surface area contributed by atoms with Gasteiger partial charge in [-0.3, -0.25) is 4.90 Å². The number of hydrogen-bond donors (Lipinski definition) is 1. The molecule has 0 fully saturated rings. The van der Waals surface area contributed by atoms with Crippen LogP contribution >= 0.6 is 11.8 Å². The topological polar surface area (TPSA) is 36.6 Å². The van der Waals surface area contributed by atoms with Crippen LogP contribution in [0.4, 0.5) is 0 Å². The third-order valence-electron chi connectivity index (χ3n) is 1.98. The van der Waals surface area contributed by atoms with Gasteiger partial charge in [0.15, 0.2) is 0 Å². The molecule has 1 rings (SSSR count). The van der Waals surface area contributed by atoms with Gasteiger partial charge in [-0.1, -0.05) is 0 Å². The van der Waals surface area contributed by atoms with Crippen molar-refractivity contribution in [1.82, 2.24) is 4.90 Å². The lowest BCUT2D eigenvalue weighted by molar-refractivity contribution is 0.234. The van der Waals surface area contributed by atoms with Crippen LogP contribution in [0, 0.1) is 0 Å². The monoisotopic (exact) mass is 215 g/mol. The summed E-state index contributed by atoms with van der Waals surface area (Å²) in [5, 5.41) is 8.82. The van der Waals surface area contributed by atoms with Crippen molar-refractivity contribution in [3.63, 3.8) is 0 Å². The Balaban J connectivity index is 2.35. The second-order valence-corrected chi connectivity index (χ2v) is 4.24.